The number of benzene rings is 2. The van der Waals surface area contributed by atoms with E-state index in [0.717, 1.165) is 5.56 Å². The van der Waals surface area contributed by atoms with Gasteiger partial charge >= 0.3 is 0 Å². The molecule has 2 rings (SSSR count). The highest BCUT2D eigenvalue weighted by molar-refractivity contribution is 5.93. The van der Waals surface area contributed by atoms with Crippen molar-refractivity contribution in [1.82, 2.24) is 0 Å². The van der Waals surface area contributed by atoms with Crippen LogP contribution in [-0.2, 0) is 11.2 Å². The van der Waals surface area contributed by atoms with Crippen molar-refractivity contribution in [2.24, 2.45) is 0 Å². The lowest BCUT2D eigenvalue weighted by atomic mass is 10.1. The van der Waals surface area contributed by atoms with Gasteiger partial charge in [-0.2, -0.15) is 0 Å². The van der Waals surface area contributed by atoms with Crippen molar-refractivity contribution < 1.29 is 9.18 Å². The standard InChI is InChI=1S/C15H15FN2O/c1-10-8-12(6-7-13(10)16)18-15(19)9-11-4-2-3-5-14(11)17/h2-8H,9,17H2,1H3,(H,18,19). The van der Waals surface area contributed by atoms with Crippen molar-refractivity contribution >= 4 is 17.3 Å². The smallest absolute Gasteiger partial charge is 0.228 e. The first-order valence-corrected chi connectivity index (χ1v) is 5.95. The van der Waals surface area contributed by atoms with Gasteiger partial charge in [0.2, 0.25) is 5.91 Å². The van der Waals surface area contributed by atoms with Gasteiger partial charge in [0, 0.05) is 11.4 Å². The molecule has 0 atom stereocenters. The summed E-state index contributed by atoms with van der Waals surface area (Å²) in [5.74, 6) is -0.464. The normalized spacial score (nSPS) is 10.2. The maximum absolute atomic E-state index is 13.1. The van der Waals surface area contributed by atoms with Gasteiger partial charge in [0.05, 0.1) is 6.42 Å². The van der Waals surface area contributed by atoms with Crippen molar-refractivity contribution in [2.75, 3.05) is 11.1 Å². The summed E-state index contributed by atoms with van der Waals surface area (Å²) in [4.78, 5) is 11.9. The second-order valence-electron chi connectivity index (χ2n) is 4.39. The summed E-state index contributed by atoms with van der Waals surface area (Å²) in [6.45, 7) is 1.65. The van der Waals surface area contributed by atoms with Crippen LogP contribution in [-0.4, -0.2) is 5.91 Å². The number of hydrogen-bond acceptors (Lipinski definition) is 2. The third-order valence-electron chi connectivity index (χ3n) is 2.85. The van der Waals surface area contributed by atoms with Crippen LogP contribution in [0.4, 0.5) is 15.8 Å². The Kier molecular flexibility index (Phi) is 3.80. The molecular formula is C15H15FN2O. The highest BCUT2D eigenvalue weighted by Crippen LogP contribution is 2.15. The Morgan fingerprint density at radius 1 is 1.26 bits per heavy atom. The number of nitrogens with two attached hydrogens (primary N) is 1. The van der Waals surface area contributed by atoms with Crippen LogP contribution < -0.4 is 11.1 Å². The molecule has 0 radical (unpaired) electrons. The SMILES string of the molecule is Cc1cc(NC(=O)Cc2ccccc2N)ccc1F. The summed E-state index contributed by atoms with van der Waals surface area (Å²) >= 11 is 0. The van der Waals surface area contributed by atoms with Crippen molar-refractivity contribution in [3.63, 3.8) is 0 Å². The Labute approximate surface area is 111 Å². The van der Waals surface area contributed by atoms with E-state index in [-0.39, 0.29) is 18.1 Å². The minimum absolute atomic E-state index is 0.177. The topological polar surface area (TPSA) is 55.1 Å². The fraction of sp³-hybridized carbons (Fsp3) is 0.133. The molecule has 3 N–H and O–H groups in total. The first-order valence-electron chi connectivity index (χ1n) is 5.95. The van der Waals surface area contributed by atoms with E-state index in [1.165, 1.54) is 12.1 Å². The molecule has 0 fully saturated rings. The van der Waals surface area contributed by atoms with E-state index in [9.17, 15) is 9.18 Å². The number of carbonyl (C=O) groups excluding carboxylic acids is 1. The molecule has 0 aliphatic rings. The number of anilines is 2. The average molecular weight is 258 g/mol. The monoisotopic (exact) mass is 258 g/mol. The van der Waals surface area contributed by atoms with Crippen LogP contribution in [0.1, 0.15) is 11.1 Å². The molecule has 4 heteroatoms. The van der Waals surface area contributed by atoms with Crippen molar-refractivity contribution in [2.45, 2.75) is 13.3 Å². The van der Waals surface area contributed by atoms with Crippen molar-refractivity contribution in [1.29, 1.82) is 0 Å². The molecule has 0 aliphatic carbocycles. The highest BCUT2D eigenvalue weighted by Gasteiger charge is 2.07. The molecule has 0 aromatic heterocycles. The lowest BCUT2D eigenvalue weighted by Crippen LogP contribution is -2.15. The van der Waals surface area contributed by atoms with Crippen LogP contribution in [0.2, 0.25) is 0 Å². The Bertz CT molecular complexity index is 611. The van der Waals surface area contributed by atoms with Gasteiger partial charge in [-0.15, -0.1) is 0 Å². The number of rotatable bonds is 3. The summed E-state index contributed by atoms with van der Waals surface area (Å²) < 4.78 is 13.1. The van der Waals surface area contributed by atoms with E-state index in [0.29, 0.717) is 16.9 Å². The zero-order valence-electron chi connectivity index (χ0n) is 10.6. The van der Waals surface area contributed by atoms with Crippen LogP contribution in [0.5, 0.6) is 0 Å². The zero-order valence-corrected chi connectivity index (χ0v) is 10.6. The summed E-state index contributed by atoms with van der Waals surface area (Å²) in [5, 5.41) is 2.72. The number of aryl methyl sites for hydroxylation is 1. The Morgan fingerprint density at radius 3 is 2.68 bits per heavy atom. The molecule has 0 saturated heterocycles. The third-order valence-corrected chi connectivity index (χ3v) is 2.85. The molecule has 1 amide bonds. The Hall–Kier alpha value is -2.36. The van der Waals surface area contributed by atoms with Crippen LogP contribution in [0.3, 0.4) is 0 Å². The van der Waals surface area contributed by atoms with E-state index in [2.05, 4.69) is 5.32 Å². The van der Waals surface area contributed by atoms with Crippen molar-refractivity contribution in [3.8, 4) is 0 Å². The summed E-state index contributed by atoms with van der Waals surface area (Å²) in [6.07, 6.45) is 0.198. The Balaban J connectivity index is 2.05. The molecule has 0 bridgehead atoms. The highest BCUT2D eigenvalue weighted by atomic mass is 19.1. The van der Waals surface area contributed by atoms with Gasteiger partial charge < -0.3 is 11.1 Å². The maximum Gasteiger partial charge on any atom is 0.228 e. The quantitative estimate of drug-likeness (QED) is 0.832. The number of amides is 1. The van der Waals surface area contributed by atoms with Gasteiger partial charge in [-0.3, -0.25) is 4.79 Å². The van der Waals surface area contributed by atoms with Gasteiger partial charge in [-0.25, -0.2) is 4.39 Å². The second kappa shape index (κ2) is 5.52. The number of nitrogens with one attached hydrogen (secondary N) is 1. The van der Waals surface area contributed by atoms with E-state index < -0.39 is 0 Å². The van der Waals surface area contributed by atoms with Crippen LogP contribution >= 0.6 is 0 Å². The van der Waals surface area contributed by atoms with Gasteiger partial charge in [0.15, 0.2) is 0 Å². The molecule has 98 valence electrons. The molecular weight excluding hydrogens is 243 g/mol. The van der Waals surface area contributed by atoms with Crippen molar-refractivity contribution in [3.05, 3.63) is 59.4 Å². The lowest BCUT2D eigenvalue weighted by Gasteiger charge is -2.08. The fourth-order valence-corrected chi connectivity index (χ4v) is 1.80. The predicted molar refractivity (Wildman–Crippen MR) is 74.3 cm³/mol. The van der Waals surface area contributed by atoms with Gasteiger partial charge in [0.25, 0.3) is 0 Å². The molecule has 0 heterocycles. The average Bonchev–Trinajstić information content (AvgIpc) is 2.37. The number of carbonyl (C=O) groups is 1. The molecule has 2 aromatic rings. The molecule has 0 unspecified atom stereocenters. The van der Waals surface area contributed by atoms with Gasteiger partial charge in [-0.1, -0.05) is 18.2 Å². The van der Waals surface area contributed by atoms with Crippen LogP contribution in [0.25, 0.3) is 0 Å². The van der Waals surface area contributed by atoms with Crippen LogP contribution in [0, 0.1) is 12.7 Å². The van der Waals surface area contributed by atoms with E-state index >= 15 is 0 Å². The maximum atomic E-state index is 13.1. The molecule has 0 saturated carbocycles. The molecule has 0 aliphatic heterocycles. The second-order valence-corrected chi connectivity index (χ2v) is 4.39. The number of para-hydroxylation sites is 1. The minimum atomic E-state index is -0.287. The minimum Gasteiger partial charge on any atom is -0.398 e. The Morgan fingerprint density at radius 2 is 2.00 bits per heavy atom. The number of nitrogen functional groups attached to an aromatic ring is 1. The zero-order chi connectivity index (χ0) is 13.8. The third kappa shape index (κ3) is 3.31. The summed E-state index contributed by atoms with van der Waals surface area (Å²) in [7, 11) is 0. The summed E-state index contributed by atoms with van der Waals surface area (Å²) in [6, 6.07) is 11.7. The van der Waals surface area contributed by atoms with Gasteiger partial charge in [-0.05, 0) is 42.3 Å². The fourth-order valence-electron chi connectivity index (χ4n) is 1.80. The predicted octanol–water partition coefficient (Wildman–Crippen LogP) is 2.90. The molecule has 2 aromatic carbocycles. The van der Waals surface area contributed by atoms with E-state index in [1.807, 2.05) is 18.2 Å². The molecule has 0 spiro atoms. The number of hydrogen-bond donors (Lipinski definition) is 2. The molecule has 3 nitrogen and oxygen atoms in total. The first-order chi connectivity index (χ1) is 9.06. The van der Waals surface area contributed by atoms with E-state index in [4.69, 9.17) is 5.73 Å². The first kappa shape index (κ1) is 13.1. The number of halogens is 1. The van der Waals surface area contributed by atoms with E-state index in [1.54, 1.807) is 19.1 Å². The molecule has 19 heavy (non-hydrogen) atoms. The van der Waals surface area contributed by atoms with Crippen LogP contribution in [0.15, 0.2) is 42.5 Å². The largest absolute Gasteiger partial charge is 0.398 e. The van der Waals surface area contributed by atoms with Gasteiger partial charge in [0.1, 0.15) is 5.82 Å². The summed E-state index contributed by atoms with van der Waals surface area (Å²) in [5.41, 5.74) is 8.22. The lowest BCUT2D eigenvalue weighted by molar-refractivity contribution is -0.115.